The fraction of sp³-hybridized carbons (Fsp3) is 0. The van der Waals surface area contributed by atoms with Crippen LogP contribution in [0.4, 0.5) is 22.7 Å². The molecule has 0 bridgehead atoms. The Morgan fingerprint density at radius 2 is 1.56 bits per heavy atom. The zero-order valence-electron chi connectivity index (χ0n) is 13.2. The van der Waals surface area contributed by atoms with E-state index in [2.05, 4.69) is 10.6 Å². The molecule has 0 saturated heterocycles. The van der Waals surface area contributed by atoms with Crippen molar-refractivity contribution in [1.29, 1.82) is 0 Å². The summed E-state index contributed by atoms with van der Waals surface area (Å²) in [5.74, 6) is -0.297. The largest absolute Gasteiger partial charge is 0.506 e. The number of nitrogens with two attached hydrogens (primary N) is 1. The molecule has 0 radical (unpaired) electrons. The molecule has 0 unspecified atom stereocenters. The summed E-state index contributed by atoms with van der Waals surface area (Å²) in [6.07, 6.45) is 0. The zero-order chi connectivity index (χ0) is 17.8. The predicted molar refractivity (Wildman–Crippen MR) is 98.3 cm³/mol. The Balaban J connectivity index is 1.80. The first-order valence-corrected chi connectivity index (χ1v) is 7.58. The Hall–Kier alpha value is -3.67. The average molecular weight is 335 g/mol. The van der Waals surface area contributed by atoms with Crippen molar-refractivity contribution < 1.29 is 15.0 Å². The van der Waals surface area contributed by atoms with Crippen molar-refractivity contribution in [1.82, 2.24) is 0 Å². The lowest BCUT2D eigenvalue weighted by Crippen LogP contribution is -2.11. The van der Waals surface area contributed by atoms with Gasteiger partial charge in [-0.1, -0.05) is 18.2 Å². The van der Waals surface area contributed by atoms with Crippen LogP contribution in [-0.4, -0.2) is 16.1 Å². The number of benzene rings is 3. The number of hydrogen-bond acceptors (Lipinski definition) is 5. The average Bonchev–Trinajstić information content (AvgIpc) is 2.62. The van der Waals surface area contributed by atoms with Crippen molar-refractivity contribution in [2.24, 2.45) is 0 Å². The molecule has 6 N–H and O–H groups in total. The number of amides is 1. The molecule has 3 aromatic rings. The number of phenolic OH excluding ortho intramolecular Hbond substituents is 2. The van der Waals surface area contributed by atoms with E-state index in [4.69, 9.17) is 5.73 Å². The van der Waals surface area contributed by atoms with E-state index in [0.717, 1.165) is 0 Å². The summed E-state index contributed by atoms with van der Waals surface area (Å²) in [4.78, 5) is 12.2. The van der Waals surface area contributed by atoms with Gasteiger partial charge in [-0.3, -0.25) is 4.79 Å². The number of phenols is 2. The van der Waals surface area contributed by atoms with E-state index in [1.54, 1.807) is 48.5 Å². The highest BCUT2D eigenvalue weighted by Crippen LogP contribution is 2.32. The third-order valence-electron chi connectivity index (χ3n) is 3.60. The third kappa shape index (κ3) is 3.81. The van der Waals surface area contributed by atoms with Gasteiger partial charge in [-0.15, -0.1) is 0 Å². The summed E-state index contributed by atoms with van der Waals surface area (Å²) >= 11 is 0. The normalized spacial score (nSPS) is 10.2. The van der Waals surface area contributed by atoms with Gasteiger partial charge in [0.25, 0.3) is 5.91 Å². The first-order chi connectivity index (χ1) is 12.0. The number of nitrogens with one attached hydrogen (secondary N) is 2. The first-order valence-electron chi connectivity index (χ1n) is 7.58. The molecule has 1 amide bonds. The summed E-state index contributed by atoms with van der Waals surface area (Å²) in [7, 11) is 0. The third-order valence-corrected chi connectivity index (χ3v) is 3.60. The lowest BCUT2D eigenvalue weighted by atomic mass is 10.2. The molecule has 25 heavy (non-hydrogen) atoms. The Morgan fingerprint density at radius 3 is 2.28 bits per heavy atom. The molecule has 0 aliphatic carbocycles. The first kappa shape index (κ1) is 16.2. The minimum atomic E-state index is -0.248. The second kappa shape index (κ2) is 6.84. The Morgan fingerprint density at radius 1 is 0.840 bits per heavy atom. The van der Waals surface area contributed by atoms with Crippen molar-refractivity contribution in [2.45, 2.75) is 0 Å². The van der Waals surface area contributed by atoms with Crippen LogP contribution in [-0.2, 0) is 0 Å². The van der Waals surface area contributed by atoms with Crippen LogP contribution in [0.25, 0.3) is 0 Å². The Labute approximate surface area is 144 Å². The highest BCUT2D eigenvalue weighted by molar-refractivity contribution is 6.04. The van der Waals surface area contributed by atoms with E-state index < -0.39 is 0 Å². The predicted octanol–water partition coefficient (Wildman–Crippen LogP) is 3.68. The quantitative estimate of drug-likeness (QED) is 0.284. The Kier molecular flexibility index (Phi) is 4.43. The fourth-order valence-corrected chi connectivity index (χ4v) is 2.28. The van der Waals surface area contributed by atoms with E-state index in [1.807, 2.05) is 6.07 Å². The second-order valence-corrected chi connectivity index (χ2v) is 5.45. The van der Waals surface area contributed by atoms with Gasteiger partial charge < -0.3 is 26.6 Å². The number of nitrogen functional groups attached to an aromatic ring is 1. The number of anilines is 4. The number of rotatable bonds is 4. The standard InChI is InChI=1S/C19H17N3O3/c20-15-8-6-14(11-18(15)24)21-16-10-13(7-9-17(16)23)22-19(25)12-4-2-1-3-5-12/h1-11,21,23-24H,20H2,(H,22,25). The fourth-order valence-electron chi connectivity index (χ4n) is 2.28. The molecule has 0 aromatic heterocycles. The zero-order valence-corrected chi connectivity index (χ0v) is 13.2. The van der Waals surface area contributed by atoms with E-state index in [9.17, 15) is 15.0 Å². The number of hydrogen-bond donors (Lipinski definition) is 5. The Bertz CT molecular complexity index is 911. The van der Waals surface area contributed by atoms with Gasteiger partial charge in [0.1, 0.15) is 11.5 Å². The van der Waals surface area contributed by atoms with Crippen LogP contribution in [0, 0.1) is 0 Å². The summed E-state index contributed by atoms with van der Waals surface area (Å²) in [5.41, 5.74) is 7.83. The molecular formula is C19H17N3O3. The number of aromatic hydroxyl groups is 2. The molecule has 0 atom stereocenters. The number of carbonyl (C=O) groups excluding carboxylic acids is 1. The molecule has 6 heteroatoms. The molecule has 0 aliphatic rings. The molecule has 6 nitrogen and oxygen atoms in total. The van der Waals surface area contributed by atoms with E-state index >= 15 is 0 Å². The topological polar surface area (TPSA) is 108 Å². The molecule has 3 rings (SSSR count). The van der Waals surface area contributed by atoms with Crippen LogP contribution >= 0.6 is 0 Å². The van der Waals surface area contributed by atoms with Gasteiger partial charge in [0.15, 0.2) is 0 Å². The van der Waals surface area contributed by atoms with E-state index in [-0.39, 0.29) is 23.1 Å². The van der Waals surface area contributed by atoms with Crippen LogP contribution in [0.5, 0.6) is 11.5 Å². The van der Waals surface area contributed by atoms with E-state index in [1.165, 1.54) is 12.1 Å². The van der Waals surface area contributed by atoms with Crippen LogP contribution in [0.15, 0.2) is 66.7 Å². The van der Waals surface area contributed by atoms with Crippen molar-refractivity contribution in [3.05, 3.63) is 72.3 Å². The lowest BCUT2D eigenvalue weighted by molar-refractivity contribution is 0.102. The van der Waals surface area contributed by atoms with Gasteiger partial charge in [-0.05, 0) is 42.5 Å². The highest BCUT2D eigenvalue weighted by atomic mass is 16.3. The lowest BCUT2D eigenvalue weighted by Gasteiger charge is -2.12. The second-order valence-electron chi connectivity index (χ2n) is 5.45. The summed E-state index contributed by atoms with van der Waals surface area (Å²) in [6, 6.07) is 18.2. The molecule has 0 saturated carbocycles. The maximum Gasteiger partial charge on any atom is 0.255 e. The van der Waals surface area contributed by atoms with Gasteiger partial charge >= 0.3 is 0 Å². The van der Waals surface area contributed by atoms with Gasteiger partial charge in [-0.2, -0.15) is 0 Å². The van der Waals surface area contributed by atoms with Gasteiger partial charge in [0, 0.05) is 23.0 Å². The van der Waals surface area contributed by atoms with Crippen LogP contribution in [0.2, 0.25) is 0 Å². The van der Waals surface area contributed by atoms with E-state index in [0.29, 0.717) is 22.6 Å². The molecule has 0 aliphatic heterocycles. The minimum Gasteiger partial charge on any atom is -0.506 e. The highest BCUT2D eigenvalue weighted by Gasteiger charge is 2.09. The molecule has 0 heterocycles. The SMILES string of the molecule is Nc1ccc(Nc2cc(NC(=O)c3ccccc3)ccc2O)cc1O. The smallest absolute Gasteiger partial charge is 0.255 e. The van der Waals surface area contributed by atoms with Gasteiger partial charge in [0.2, 0.25) is 0 Å². The minimum absolute atomic E-state index is 0.00836. The van der Waals surface area contributed by atoms with Crippen molar-refractivity contribution >= 4 is 28.7 Å². The van der Waals surface area contributed by atoms with Crippen LogP contribution in [0.3, 0.4) is 0 Å². The van der Waals surface area contributed by atoms with Crippen LogP contribution in [0.1, 0.15) is 10.4 Å². The summed E-state index contributed by atoms with van der Waals surface area (Å²) in [5, 5.41) is 25.4. The van der Waals surface area contributed by atoms with Crippen molar-refractivity contribution in [2.75, 3.05) is 16.4 Å². The summed E-state index contributed by atoms with van der Waals surface area (Å²) < 4.78 is 0. The van der Waals surface area contributed by atoms with Crippen LogP contribution < -0.4 is 16.4 Å². The molecule has 0 spiro atoms. The molecule has 126 valence electrons. The summed E-state index contributed by atoms with van der Waals surface area (Å²) in [6.45, 7) is 0. The molecule has 3 aromatic carbocycles. The molecular weight excluding hydrogens is 318 g/mol. The number of carbonyl (C=O) groups is 1. The van der Waals surface area contributed by atoms with Gasteiger partial charge in [-0.25, -0.2) is 0 Å². The maximum absolute atomic E-state index is 12.2. The monoisotopic (exact) mass is 335 g/mol. The molecule has 0 fully saturated rings. The maximum atomic E-state index is 12.2. The van der Waals surface area contributed by atoms with Crippen molar-refractivity contribution in [3.63, 3.8) is 0 Å². The van der Waals surface area contributed by atoms with Gasteiger partial charge in [0.05, 0.1) is 11.4 Å². The van der Waals surface area contributed by atoms with Crippen molar-refractivity contribution in [3.8, 4) is 11.5 Å².